The molecule has 1 aliphatic rings. The molecule has 2 heterocycles. The van der Waals surface area contributed by atoms with Gasteiger partial charge in [0.15, 0.2) is 0 Å². The van der Waals surface area contributed by atoms with Crippen molar-refractivity contribution in [2.75, 3.05) is 4.90 Å². The van der Waals surface area contributed by atoms with E-state index in [9.17, 15) is 9.59 Å². The Morgan fingerprint density at radius 3 is 2.67 bits per heavy atom. The van der Waals surface area contributed by atoms with Crippen molar-refractivity contribution in [3.05, 3.63) is 45.4 Å². The Morgan fingerprint density at radius 2 is 2.00 bits per heavy atom. The van der Waals surface area contributed by atoms with Crippen LogP contribution in [-0.2, 0) is 24.2 Å². The number of carbonyl (C=O) groups is 2. The molecule has 1 aliphatic heterocycles. The normalized spacial score (nSPS) is 13.9. The van der Waals surface area contributed by atoms with Gasteiger partial charge in [-0.3, -0.25) is 14.5 Å². The first-order chi connectivity index (χ1) is 10.1. The van der Waals surface area contributed by atoms with Gasteiger partial charge in [-0.1, -0.05) is 19.9 Å². The van der Waals surface area contributed by atoms with Crippen molar-refractivity contribution in [1.29, 1.82) is 0 Å². The maximum atomic E-state index is 12.2. The van der Waals surface area contributed by atoms with Crippen molar-refractivity contribution >= 4 is 28.7 Å². The molecule has 21 heavy (non-hydrogen) atoms. The third kappa shape index (κ3) is 2.38. The van der Waals surface area contributed by atoms with Gasteiger partial charge in [0.2, 0.25) is 0 Å². The number of rotatable bonds is 4. The van der Waals surface area contributed by atoms with Crippen LogP contribution in [0.25, 0.3) is 0 Å². The minimum Gasteiger partial charge on any atom is -0.299 e. The number of amides is 1. The molecule has 0 fully saturated rings. The van der Waals surface area contributed by atoms with E-state index >= 15 is 0 Å². The van der Waals surface area contributed by atoms with Crippen LogP contribution in [0.2, 0.25) is 0 Å². The van der Waals surface area contributed by atoms with Crippen molar-refractivity contribution in [3.8, 4) is 0 Å². The molecule has 0 N–H and O–H groups in total. The summed E-state index contributed by atoms with van der Waals surface area (Å²) in [6, 6.07) is 5.66. The predicted molar refractivity (Wildman–Crippen MR) is 82.8 cm³/mol. The Morgan fingerprint density at radius 1 is 1.19 bits per heavy atom. The average molecular weight is 300 g/mol. The van der Waals surface area contributed by atoms with Gasteiger partial charge in [0, 0.05) is 5.38 Å². The number of hydrogen-bond donors (Lipinski definition) is 0. The first kappa shape index (κ1) is 13.9. The first-order valence-corrected chi connectivity index (χ1v) is 7.94. The Hall–Kier alpha value is -2.01. The lowest BCUT2D eigenvalue weighted by molar-refractivity contribution is -0.114. The van der Waals surface area contributed by atoms with E-state index in [2.05, 4.69) is 11.9 Å². The fraction of sp³-hybridized carbons (Fsp3) is 0.312. The zero-order valence-electron chi connectivity index (χ0n) is 12.0. The summed E-state index contributed by atoms with van der Waals surface area (Å²) in [4.78, 5) is 30.3. The molecule has 3 rings (SSSR count). The van der Waals surface area contributed by atoms with Crippen molar-refractivity contribution in [3.63, 3.8) is 0 Å². The predicted octanol–water partition coefficient (Wildman–Crippen LogP) is 3.00. The highest BCUT2D eigenvalue weighted by atomic mass is 32.1. The molecular weight excluding hydrogens is 284 g/mol. The van der Waals surface area contributed by atoms with Crippen molar-refractivity contribution in [2.24, 2.45) is 0 Å². The number of hydrogen-bond acceptors (Lipinski definition) is 4. The maximum Gasteiger partial charge on any atom is 0.299 e. The van der Waals surface area contributed by atoms with Gasteiger partial charge in [0.1, 0.15) is 0 Å². The van der Waals surface area contributed by atoms with Crippen LogP contribution in [0.15, 0.2) is 23.6 Å². The van der Waals surface area contributed by atoms with Crippen LogP contribution in [0, 0.1) is 0 Å². The van der Waals surface area contributed by atoms with E-state index in [0.717, 1.165) is 29.1 Å². The number of Topliss-reactive ketones (excluding diaryl/α,β-unsaturated/α-hetero) is 1. The zero-order chi connectivity index (χ0) is 15.0. The van der Waals surface area contributed by atoms with Gasteiger partial charge in [-0.25, -0.2) is 4.98 Å². The van der Waals surface area contributed by atoms with Crippen molar-refractivity contribution in [1.82, 2.24) is 4.98 Å². The van der Waals surface area contributed by atoms with Gasteiger partial charge >= 0.3 is 0 Å². The fourth-order valence-corrected chi connectivity index (χ4v) is 3.21. The second-order valence-electron chi connectivity index (χ2n) is 5.01. The molecule has 0 unspecified atom stereocenters. The second-order valence-corrected chi connectivity index (χ2v) is 5.95. The summed E-state index contributed by atoms with van der Waals surface area (Å²) in [5.74, 6) is -0.865. The highest BCUT2D eigenvalue weighted by Crippen LogP contribution is 2.31. The van der Waals surface area contributed by atoms with Gasteiger partial charge in [-0.15, -0.1) is 11.3 Å². The van der Waals surface area contributed by atoms with E-state index in [-0.39, 0.29) is 0 Å². The SMILES string of the molecule is CCc1ccc2c(c1)C(=O)C(=O)N2Cc1csc(CC)n1. The van der Waals surface area contributed by atoms with Crippen molar-refractivity contribution < 1.29 is 9.59 Å². The third-order valence-corrected chi connectivity index (χ3v) is 4.71. The van der Waals surface area contributed by atoms with Crippen LogP contribution >= 0.6 is 11.3 Å². The maximum absolute atomic E-state index is 12.2. The summed E-state index contributed by atoms with van der Waals surface area (Å²) < 4.78 is 0. The largest absolute Gasteiger partial charge is 0.299 e. The average Bonchev–Trinajstić information content (AvgIpc) is 3.06. The monoisotopic (exact) mass is 300 g/mol. The van der Waals surface area contributed by atoms with Gasteiger partial charge in [-0.05, 0) is 30.5 Å². The van der Waals surface area contributed by atoms with Gasteiger partial charge in [0.05, 0.1) is 28.5 Å². The molecule has 108 valence electrons. The smallest absolute Gasteiger partial charge is 0.299 e. The lowest BCUT2D eigenvalue weighted by atomic mass is 10.1. The number of carbonyl (C=O) groups excluding carboxylic acids is 2. The fourth-order valence-electron chi connectivity index (χ4n) is 2.47. The molecule has 0 saturated carbocycles. The Bertz CT molecular complexity index is 721. The molecule has 0 atom stereocenters. The Labute approximate surface area is 127 Å². The Balaban J connectivity index is 1.93. The molecular formula is C16H16N2O2S. The Kier molecular flexibility index (Phi) is 3.59. The van der Waals surface area contributed by atoms with Crippen LogP contribution in [0.3, 0.4) is 0 Å². The van der Waals surface area contributed by atoms with E-state index in [1.165, 1.54) is 4.90 Å². The van der Waals surface area contributed by atoms with E-state index in [1.54, 1.807) is 11.3 Å². The van der Waals surface area contributed by atoms with Crippen LogP contribution in [0.1, 0.15) is 40.5 Å². The summed E-state index contributed by atoms with van der Waals surface area (Å²) in [6.45, 7) is 4.44. The summed E-state index contributed by atoms with van der Waals surface area (Å²) >= 11 is 1.59. The molecule has 1 aromatic carbocycles. The number of benzene rings is 1. The molecule has 0 spiro atoms. The molecule has 0 radical (unpaired) electrons. The van der Waals surface area contributed by atoms with Gasteiger partial charge in [-0.2, -0.15) is 0 Å². The highest BCUT2D eigenvalue weighted by molar-refractivity contribution is 7.09. The van der Waals surface area contributed by atoms with E-state index in [1.807, 2.05) is 30.5 Å². The standard InChI is InChI=1S/C16H16N2O2S/c1-3-10-5-6-13-12(7-10)15(19)16(20)18(13)8-11-9-21-14(4-2)17-11/h5-7,9H,3-4,8H2,1-2H3. The molecule has 0 saturated heterocycles. The number of nitrogens with zero attached hydrogens (tertiary/aromatic N) is 2. The van der Waals surface area contributed by atoms with E-state index in [0.29, 0.717) is 17.8 Å². The molecule has 1 amide bonds. The van der Waals surface area contributed by atoms with Crippen LogP contribution in [-0.4, -0.2) is 16.7 Å². The van der Waals surface area contributed by atoms with E-state index in [4.69, 9.17) is 0 Å². The molecule has 0 bridgehead atoms. The number of thiazole rings is 1. The summed E-state index contributed by atoms with van der Waals surface area (Å²) in [6.07, 6.45) is 1.73. The van der Waals surface area contributed by atoms with Crippen LogP contribution < -0.4 is 4.90 Å². The lowest BCUT2D eigenvalue weighted by Gasteiger charge is -2.15. The second kappa shape index (κ2) is 5.41. The molecule has 2 aromatic rings. The summed E-state index contributed by atoms with van der Waals surface area (Å²) in [7, 11) is 0. The number of ketones is 1. The minimum absolute atomic E-state index is 0.361. The quantitative estimate of drug-likeness (QED) is 0.816. The van der Waals surface area contributed by atoms with E-state index < -0.39 is 11.7 Å². The van der Waals surface area contributed by atoms with Crippen LogP contribution in [0.4, 0.5) is 5.69 Å². The lowest BCUT2D eigenvalue weighted by Crippen LogP contribution is -2.29. The highest BCUT2D eigenvalue weighted by Gasteiger charge is 2.36. The zero-order valence-corrected chi connectivity index (χ0v) is 12.9. The first-order valence-electron chi connectivity index (χ1n) is 7.06. The van der Waals surface area contributed by atoms with Gasteiger partial charge in [0.25, 0.3) is 11.7 Å². The number of aryl methyl sites for hydroxylation is 2. The van der Waals surface area contributed by atoms with Gasteiger partial charge < -0.3 is 0 Å². The number of aromatic nitrogens is 1. The topological polar surface area (TPSA) is 50.3 Å². The molecule has 5 heteroatoms. The van der Waals surface area contributed by atoms with Crippen LogP contribution in [0.5, 0.6) is 0 Å². The summed E-state index contributed by atoms with van der Waals surface area (Å²) in [5, 5.41) is 3.00. The molecule has 0 aliphatic carbocycles. The third-order valence-electron chi connectivity index (χ3n) is 3.67. The van der Waals surface area contributed by atoms with Crippen molar-refractivity contribution in [2.45, 2.75) is 33.2 Å². The minimum atomic E-state index is -0.454. The number of anilines is 1. The summed E-state index contributed by atoms with van der Waals surface area (Å²) in [5.41, 5.74) is 3.13. The molecule has 1 aromatic heterocycles. The number of fused-ring (bicyclic) bond motifs is 1. The molecule has 4 nitrogen and oxygen atoms in total.